The second-order valence-electron chi connectivity index (χ2n) is 5.44. The minimum atomic E-state index is -0.312. The van der Waals surface area contributed by atoms with Crippen LogP contribution in [0.2, 0.25) is 0 Å². The zero-order valence-corrected chi connectivity index (χ0v) is 14.8. The first-order chi connectivity index (χ1) is 12.6. The molecule has 0 saturated carbocycles. The van der Waals surface area contributed by atoms with E-state index in [4.69, 9.17) is 18.9 Å². The fraction of sp³-hybridized carbons (Fsp3) is 0.350. The van der Waals surface area contributed by atoms with Crippen molar-refractivity contribution in [3.05, 3.63) is 54.3 Å². The Morgan fingerprint density at radius 1 is 0.769 bits per heavy atom. The Hall–Kier alpha value is -2.44. The van der Waals surface area contributed by atoms with Crippen LogP contribution < -0.4 is 4.74 Å². The molecule has 0 spiro atoms. The number of carbonyl (C=O) groups excluding carboxylic acids is 1. The molecule has 0 atom stereocenters. The quantitative estimate of drug-likeness (QED) is 0.453. The van der Waals surface area contributed by atoms with Crippen LogP contribution in [-0.2, 0) is 19.0 Å². The van der Waals surface area contributed by atoms with Crippen molar-refractivity contribution in [3.63, 3.8) is 0 Å². The SMILES string of the molecule is CC(=O)OCCOCCOCCOc1ccc(-c2ccc(F)cc2)cc1. The summed E-state index contributed by atoms with van der Waals surface area (Å²) in [4.78, 5) is 10.5. The van der Waals surface area contributed by atoms with Crippen molar-refractivity contribution in [3.8, 4) is 16.9 Å². The monoisotopic (exact) mass is 362 g/mol. The molecule has 0 saturated heterocycles. The van der Waals surface area contributed by atoms with E-state index >= 15 is 0 Å². The maximum Gasteiger partial charge on any atom is 0.302 e. The van der Waals surface area contributed by atoms with Crippen LogP contribution in [0.3, 0.4) is 0 Å². The average molecular weight is 362 g/mol. The van der Waals surface area contributed by atoms with Gasteiger partial charge in [-0.25, -0.2) is 4.39 Å². The number of benzene rings is 2. The third-order valence-corrected chi connectivity index (χ3v) is 3.43. The Kier molecular flexibility index (Phi) is 8.59. The van der Waals surface area contributed by atoms with Gasteiger partial charge in [0.25, 0.3) is 0 Å². The maximum absolute atomic E-state index is 12.9. The lowest BCUT2D eigenvalue weighted by atomic mass is 10.1. The van der Waals surface area contributed by atoms with Crippen LogP contribution in [-0.4, -0.2) is 45.6 Å². The molecule has 0 aliphatic carbocycles. The van der Waals surface area contributed by atoms with Crippen molar-refractivity contribution in [1.29, 1.82) is 0 Å². The van der Waals surface area contributed by atoms with E-state index < -0.39 is 0 Å². The van der Waals surface area contributed by atoms with Crippen LogP contribution >= 0.6 is 0 Å². The predicted molar refractivity (Wildman–Crippen MR) is 95.6 cm³/mol. The highest BCUT2D eigenvalue weighted by molar-refractivity contribution is 5.65. The second kappa shape index (κ2) is 11.2. The smallest absolute Gasteiger partial charge is 0.302 e. The van der Waals surface area contributed by atoms with Crippen LogP contribution in [0.25, 0.3) is 11.1 Å². The van der Waals surface area contributed by atoms with E-state index in [9.17, 15) is 9.18 Å². The van der Waals surface area contributed by atoms with Gasteiger partial charge in [-0.1, -0.05) is 24.3 Å². The molecule has 0 heterocycles. The minimum Gasteiger partial charge on any atom is -0.491 e. The molecule has 0 aliphatic rings. The van der Waals surface area contributed by atoms with Gasteiger partial charge in [-0.05, 0) is 35.4 Å². The summed E-state index contributed by atoms with van der Waals surface area (Å²) in [6, 6.07) is 14.0. The van der Waals surface area contributed by atoms with Crippen LogP contribution in [0.1, 0.15) is 6.92 Å². The van der Waals surface area contributed by atoms with Gasteiger partial charge in [0.15, 0.2) is 0 Å². The number of esters is 1. The van der Waals surface area contributed by atoms with Gasteiger partial charge in [-0.2, -0.15) is 0 Å². The van der Waals surface area contributed by atoms with Crippen molar-refractivity contribution in [2.45, 2.75) is 6.92 Å². The van der Waals surface area contributed by atoms with Crippen molar-refractivity contribution >= 4 is 5.97 Å². The van der Waals surface area contributed by atoms with E-state index in [2.05, 4.69) is 0 Å². The summed E-state index contributed by atoms with van der Waals surface area (Å²) >= 11 is 0. The molecule has 0 amide bonds. The summed E-state index contributed by atoms with van der Waals surface area (Å²) in [5, 5.41) is 0. The lowest BCUT2D eigenvalue weighted by Gasteiger charge is -2.09. The number of ether oxygens (including phenoxy) is 4. The fourth-order valence-electron chi connectivity index (χ4n) is 2.17. The fourth-order valence-corrected chi connectivity index (χ4v) is 2.17. The van der Waals surface area contributed by atoms with E-state index in [0.29, 0.717) is 33.0 Å². The first kappa shape index (κ1) is 19.9. The largest absolute Gasteiger partial charge is 0.491 e. The third kappa shape index (κ3) is 7.63. The molecule has 0 N–H and O–H groups in total. The van der Waals surface area contributed by atoms with Gasteiger partial charge in [0.05, 0.1) is 26.4 Å². The van der Waals surface area contributed by atoms with E-state index in [1.165, 1.54) is 19.1 Å². The number of halogens is 1. The van der Waals surface area contributed by atoms with Crippen LogP contribution in [0.15, 0.2) is 48.5 Å². The Labute approximate surface area is 152 Å². The molecule has 26 heavy (non-hydrogen) atoms. The lowest BCUT2D eigenvalue weighted by molar-refractivity contribution is -0.142. The van der Waals surface area contributed by atoms with E-state index in [-0.39, 0.29) is 18.4 Å². The second-order valence-corrected chi connectivity index (χ2v) is 5.44. The van der Waals surface area contributed by atoms with Gasteiger partial charge in [0.1, 0.15) is 24.8 Å². The number of carbonyl (C=O) groups is 1. The van der Waals surface area contributed by atoms with Crippen LogP contribution in [0.4, 0.5) is 4.39 Å². The molecular formula is C20H23FO5. The zero-order valence-electron chi connectivity index (χ0n) is 14.8. The summed E-state index contributed by atoms with van der Waals surface area (Å²) < 4.78 is 33.9. The standard InChI is InChI=1S/C20H23FO5/c1-16(22)25-14-12-23-10-11-24-13-15-26-20-8-4-18(5-9-20)17-2-6-19(21)7-3-17/h2-9H,10-15H2,1H3. The van der Waals surface area contributed by atoms with Gasteiger partial charge in [0.2, 0.25) is 0 Å². The molecule has 0 aliphatic heterocycles. The maximum atomic E-state index is 12.9. The number of rotatable bonds is 11. The average Bonchev–Trinajstić information content (AvgIpc) is 2.64. The highest BCUT2D eigenvalue weighted by atomic mass is 19.1. The Balaban J connectivity index is 1.56. The molecule has 140 valence electrons. The van der Waals surface area contributed by atoms with Crippen LogP contribution in [0.5, 0.6) is 5.75 Å². The molecular weight excluding hydrogens is 339 g/mol. The first-order valence-corrected chi connectivity index (χ1v) is 8.43. The summed E-state index contributed by atoms with van der Waals surface area (Å²) in [6.45, 7) is 3.75. The molecule has 5 nitrogen and oxygen atoms in total. The van der Waals surface area contributed by atoms with Crippen LogP contribution in [0, 0.1) is 5.82 Å². The van der Waals surface area contributed by atoms with Gasteiger partial charge >= 0.3 is 5.97 Å². The molecule has 2 aromatic rings. The molecule has 0 radical (unpaired) electrons. The highest BCUT2D eigenvalue weighted by Gasteiger charge is 2.00. The molecule has 2 aromatic carbocycles. The first-order valence-electron chi connectivity index (χ1n) is 8.43. The van der Waals surface area contributed by atoms with Gasteiger partial charge in [-0.15, -0.1) is 0 Å². The molecule has 0 bridgehead atoms. The topological polar surface area (TPSA) is 54.0 Å². The van der Waals surface area contributed by atoms with Gasteiger partial charge in [0, 0.05) is 6.92 Å². The number of hydrogen-bond acceptors (Lipinski definition) is 5. The van der Waals surface area contributed by atoms with Gasteiger partial charge in [-0.3, -0.25) is 4.79 Å². The molecule has 0 aromatic heterocycles. The Bertz CT molecular complexity index is 655. The molecule has 2 rings (SSSR count). The molecule has 6 heteroatoms. The summed E-state index contributed by atoms with van der Waals surface area (Å²) in [6.07, 6.45) is 0. The number of hydrogen-bond donors (Lipinski definition) is 0. The Morgan fingerprint density at radius 3 is 1.85 bits per heavy atom. The summed E-state index contributed by atoms with van der Waals surface area (Å²) in [5.41, 5.74) is 1.95. The summed E-state index contributed by atoms with van der Waals surface area (Å²) in [7, 11) is 0. The molecule has 0 unspecified atom stereocenters. The predicted octanol–water partition coefficient (Wildman–Crippen LogP) is 3.47. The van der Waals surface area contributed by atoms with Crippen molar-refractivity contribution in [1.82, 2.24) is 0 Å². The Morgan fingerprint density at radius 2 is 1.27 bits per heavy atom. The highest BCUT2D eigenvalue weighted by Crippen LogP contribution is 2.22. The van der Waals surface area contributed by atoms with E-state index in [1.807, 2.05) is 24.3 Å². The summed E-state index contributed by atoms with van der Waals surface area (Å²) in [5.74, 6) is 0.188. The normalized spacial score (nSPS) is 10.5. The van der Waals surface area contributed by atoms with Crippen molar-refractivity contribution in [2.75, 3.05) is 39.6 Å². The molecule has 0 fully saturated rings. The van der Waals surface area contributed by atoms with Gasteiger partial charge < -0.3 is 18.9 Å². The minimum absolute atomic E-state index is 0.247. The lowest BCUT2D eigenvalue weighted by Crippen LogP contribution is -2.13. The zero-order chi connectivity index (χ0) is 18.6. The van der Waals surface area contributed by atoms with E-state index in [0.717, 1.165) is 16.9 Å². The van der Waals surface area contributed by atoms with Crippen molar-refractivity contribution in [2.24, 2.45) is 0 Å². The van der Waals surface area contributed by atoms with Crippen molar-refractivity contribution < 1.29 is 28.1 Å². The van der Waals surface area contributed by atoms with E-state index in [1.54, 1.807) is 12.1 Å². The third-order valence-electron chi connectivity index (χ3n) is 3.43.